The molecule has 0 fully saturated rings. The van der Waals surface area contributed by atoms with Crippen LogP contribution in [0.4, 0.5) is 11.4 Å². The van der Waals surface area contributed by atoms with Gasteiger partial charge in [-0.2, -0.15) is 4.31 Å². The van der Waals surface area contributed by atoms with Gasteiger partial charge < -0.3 is 15.4 Å². The first kappa shape index (κ1) is 26.7. The summed E-state index contributed by atoms with van der Waals surface area (Å²) in [5, 5.41) is 5.48. The molecule has 33 heavy (non-hydrogen) atoms. The Morgan fingerprint density at radius 3 is 2.00 bits per heavy atom. The van der Waals surface area contributed by atoms with Crippen molar-refractivity contribution in [2.24, 2.45) is 0 Å². The maximum Gasteiger partial charge on any atom is 0.246 e. The highest BCUT2D eigenvalue weighted by Gasteiger charge is 2.26. The second-order valence-electron chi connectivity index (χ2n) is 7.14. The number of hydrogen-bond donors (Lipinski definition) is 2. The SMILES string of the molecule is CCOc1ccc(NC(=O)CSCC(=O)Nc2ccc(C)cc2)cc1S(=O)(=O)N(CC)CC. The van der Waals surface area contributed by atoms with Gasteiger partial charge in [-0.3, -0.25) is 9.59 Å². The van der Waals surface area contributed by atoms with Crippen LogP contribution in [0.3, 0.4) is 0 Å². The number of nitrogens with one attached hydrogen (secondary N) is 2. The number of thioether (sulfide) groups is 1. The topological polar surface area (TPSA) is 105 Å². The van der Waals surface area contributed by atoms with E-state index in [1.54, 1.807) is 26.8 Å². The highest BCUT2D eigenvalue weighted by atomic mass is 32.2. The maximum absolute atomic E-state index is 13.0. The number of rotatable bonds is 12. The van der Waals surface area contributed by atoms with Gasteiger partial charge in [-0.1, -0.05) is 31.5 Å². The van der Waals surface area contributed by atoms with E-state index >= 15 is 0 Å². The van der Waals surface area contributed by atoms with Gasteiger partial charge in [-0.15, -0.1) is 11.8 Å². The summed E-state index contributed by atoms with van der Waals surface area (Å²) < 4.78 is 32.9. The number of amides is 2. The smallest absolute Gasteiger partial charge is 0.246 e. The first-order valence-corrected chi connectivity index (χ1v) is 13.3. The third kappa shape index (κ3) is 7.76. The number of hydrogen-bond acceptors (Lipinski definition) is 6. The number of ether oxygens (including phenoxy) is 1. The van der Waals surface area contributed by atoms with Gasteiger partial charge in [0, 0.05) is 24.5 Å². The molecule has 2 aromatic rings. The molecule has 2 rings (SSSR count). The van der Waals surface area contributed by atoms with E-state index in [2.05, 4.69) is 10.6 Å². The van der Waals surface area contributed by atoms with Crippen LogP contribution in [0, 0.1) is 6.92 Å². The summed E-state index contributed by atoms with van der Waals surface area (Å²) in [5.74, 6) is -0.132. The van der Waals surface area contributed by atoms with Gasteiger partial charge in [0.15, 0.2) is 0 Å². The number of aryl methyl sites for hydroxylation is 1. The highest BCUT2D eigenvalue weighted by molar-refractivity contribution is 8.00. The zero-order valence-corrected chi connectivity index (χ0v) is 21.0. The lowest BCUT2D eigenvalue weighted by Crippen LogP contribution is -2.31. The Morgan fingerprint density at radius 1 is 0.909 bits per heavy atom. The molecule has 0 radical (unpaired) electrons. The minimum Gasteiger partial charge on any atom is -0.492 e. The van der Waals surface area contributed by atoms with Crippen molar-refractivity contribution in [2.75, 3.05) is 41.8 Å². The van der Waals surface area contributed by atoms with E-state index in [1.165, 1.54) is 28.2 Å². The normalized spacial score (nSPS) is 11.3. The molecule has 0 spiro atoms. The summed E-state index contributed by atoms with van der Waals surface area (Å²) in [6.45, 7) is 8.22. The summed E-state index contributed by atoms with van der Waals surface area (Å²) in [6, 6.07) is 12.0. The molecule has 2 amide bonds. The van der Waals surface area contributed by atoms with Crippen molar-refractivity contribution >= 4 is 45.0 Å². The van der Waals surface area contributed by atoms with Gasteiger partial charge in [0.1, 0.15) is 10.6 Å². The number of carbonyl (C=O) groups excluding carboxylic acids is 2. The van der Waals surface area contributed by atoms with E-state index in [0.717, 1.165) is 5.56 Å². The molecule has 0 saturated carbocycles. The molecule has 0 unspecified atom stereocenters. The van der Waals surface area contributed by atoms with E-state index < -0.39 is 10.0 Å². The largest absolute Gasteiger partial charge is 0.492 e. The van der Waals surface area contributed by atoms with Crippen molar-refractivity contribution in [2.45, 2.75) is 32.6 Å². The molecule has 2 aromatic carbocycles. The summed E-state index contributed by atoms with van der Waals surface area (Å²) in [6.07, 6.45) is 0. The minimum absolute atomic E-state index is 0.0102. The molecular weight excluding hydrogens is 462 g/mol. The van der Waals surface area contributed by atoms with Crippen molar-refractivity contribution in [1.29, 1.82) is 0 Å². The predicted molar refractivity (Wildman–Crippen MR) is 133 cm³/mol. The zero-order chi connectivity index (χ0) is 24.4. The lowest BCUT2D eigenvalue weighted by atomic mass is 10.2. The molecule has 2 N–H and O–H groups in total. The van der Waals surface area contributed by atoms with Crippen LogP contribution in [0.5, 0.6) is 5.75 Å². The van der Waals surface area contributed by atoms with Gasteiger partial charge in [0.2, 0.25) is 21.8 Å². The lowest BCUT2D eigenvalue weighted by Gasteiger charge is -2.21. The predicted octanol–water partition coefficient (Wildman–Crippen LogP) is 3.73. The standard InChI is InChI=1S/C23H31N3O5S2/c1-5-26(6-2)33(29,30)21-14-19(12-13-20(21)31-7-3)25-23(28)16-32-15-22(27)24-18-10-8-17(4)9-11-18/h8-14H,5-7,15-16H2,1-4H3,(H,24,27)(H,25,28). The van der Waals surface area contributed by atoms with Crippen molar-refractivity contribution in [1.82, 2.24) is 4.31 Å². The Hall–Kier alpha value is -2.56. The molecular formula is C23H31N3O5S2. The summed E-state index contributed by atoms with van der Waals surface area (Å²) in [7, 11) is -3.77. The summed E-state index contributed by atoms with van der Waals surface area (Å²) in [5.41, 5.74) is 2.15. The molecule has 0 aliphatic carbocycles. The fourth-order valence-corrected chi connectivity index (χ4v) is 5.26. The molecule has 10 heteroatoms. The zero-order valence-electron chi connectivity index (χ0n) is 19.4. The molecule has 0 aliphatic heterocycles. The Labute approximate surface area is 200 Å². The Balaban J connectivity index is 1.99. The van der Waals surface area contributed by atoms with E-state index in [-0.39, 0.29) is 34.0 Å². The molecule has 0 aliphatic rings. The fourth-order valence-electron chi connectivity index (χ4n) is 3.03. The number of carbonyl (C=O) groups is 2. The molecule has 0 bridgehead atoms. The van der Waals surface area contributed by atoms with Gasteiger partial charge in [-0.25, -0.2) is 8.42 Å². The Morgan fingerprint density at radius 2 is 1.45 bits per heavy atom. The van der Waals surface area contributed by atoms with Crippen LogP contribution in [0.15, 0.2) is 47.4 Å². The second kappa shape index (κ2) is 12.6. The molecule has 0 heterocycles. The van der Waals surface area contributed by atoms with Gasteiger partial charge in [0.05, 0.1) is 18.1 Å². The summed E-state index contributed by atoms with van der Waals surface area (Å²) in [4.78, 5) is 24.4. The molecule has 8 nitrogen and oxygen atoms in total. The van der Waals surface area contributed by atoms with E-state index in [9.17, 15) is 18.0 Å². The van der Waals surface area contributed by atoms with Crippen LogP contribution >= 0.6 is 11.8 Å². The third-order valence-electron chi connectivity index (χ3n) is 4.65. The maximum atomic E-state index is 13.0. The fraction of sp³-hybridized carbons (Fsp3) is 0.391. The lowest BCUT2D eigenvalue weighted by molar-refractivity contribution is -0.114. The quantitative estimate of drug-likeness (QED) is 0.467. The van der Waals surface area contributed by atoms with Gasteiger partial charge in [-0.05, 0) is 44.2 Å². The molecule has 0 atom stereocenters. The van der Waals surface area contributed by atoms with E-state index in [1.807, 2.05) is 31.2 Å². The molecule has 0 saturated heterocycles. The average Bonchev–Trinajstić information content (AvgIpc) is 2.77. The van der Waals surface area contributed by atoms with Crippen LogP contribution < -0.4 is 15.4 Å². The van der Waals surface area contributed by atoms with Crippen LogP contribution in [-0.2, 0) is 19.6 Å². The van der Waals surface area contributed by atoms with Crippen molar-refractivity contribution in [3.63, 3.8) is 0 Å². The van der Waals surface area contributed by atoms with Gasteiger partial charge >= 0.3 is 0 Å². The van der Waals surface area contributed by atoms with Crippen LogP contribution in [-0.4, -0.2) is 55.7 Å². The van der Waals surface area contributed by atoms with Crippen molar-refractivity contribution in [3.05, 3.63) is 48.0 Å². The van der Waals surface area contributed by atoms with Crippen LogP contribution in [0.2, 0.25) is 0 Å². The Kier molecular flexibility index (Phi) is 10.2. The first-order valence-electron chi connectivity index (χ1n) is 10.7. The highest BCUT2D eigenvalue weighted by Crippen LogP contribution is 2.30. The average molecular weight is 494 g/mol. The number of benzene rings is 2. The van der Waals surface area contributed by atoms with E-state index in [4.69, 9.17) is 4.74 Å². The minimum atomic E-state index is -3.77. The third-order valence-corrected chi connectivity index (χ3v) is 7.66. The Bertz CT molecular complexity index is 1050. The van der Waals surface area contributed by atoms with Crippen molar-refractivity contribution in [3.8, 4) is 5.75 Å². The first-order chi connectivity index (χ1) is 15.7. The van der Waals surface area contributed by atoms with Crippen LogP contribution in [0.1, 0.15) is 26.3 Å². The van der Waals surface area contributed by atoms with Crippen molar-refractivity contribution < 1.29 is 22.7 Å². The second-order valence-corrected chi connectivity index (χ2v) is 10.0. The van der Waals surface area contributed by atoms with Crippen LogP contribution in [0.25, 0.3) is 0 Å². The number of anilines is 2. The number of nitrogens with zero attached hydrogens (tertiary/aromatic N) is 1. The van der Waals surface area contributed by atoms with E-state index in [0.29, 0.717) is 31.1 Å². The molecule has 0 aromatic heterocycles. The monoisotopic (exact) mass is 493 g/mol. The summed E-state index contributed by atoms with van der Waals surface area (Å²) >= 11 is 1.17. The van der Waals surface area contributed by atoms with Gasteiger partial charge in [0.25, 0.3) is 0 Å². The molecule has 180 valence electrons. The number of sulfonamides is 1.